The Morgan fingerprint density at radius 3 is 2.25 bits per heavy atom. The van der Waals surface area contributed by atoms with Gasteiger partial charge in [0, 0.05) is 12.1 Å². The van der Waals surface area contributed by atoms with Crippen molar-refractivity contribution in [3.8, 4) is 0 Å². The molecule has 0 amide bonds. The molecule has 0 spiro atoms. The molecule has 0 saturated heterocycles. The average Bonchev–Trinajstić information content (AvgIpc) is 2.23. The van der Waals surface area contributed by atoms with Gasteiger partial charge in [0.15, 0.2) is 0 Å². The smallest absolute Gasteiger partial charge is 0.135 e. The van der Waals surface area contributed by atoms with E-state index in [-0.39, 0.29) is 0 Å². The first-order valence-corrected chi connectivity index (χ1v) is 6.46. The SMILES string of the molecule is CCCN(CCC)Cc1ccc(Cl)nc1Cl. The van der Waals surface area contributed by atoms with Gasteiger partial charge in [0.2, 0.25) is 0 Å². The van der Waals surface area contributed by atoms with Crippen LogP contribution in [0.4, 0.5) is 0 Å². The maximum absolute atomic E-state index is 6.05. The van der Waals surface area contributed by atoms with Gasteiger partial charge in [0.1, 0.15) is 10.3 Å². The van der Waals surface area contributed by atoms with Gasteiger partial charge < -0.3 is 0 Å². The quantitative estimate of drug-likeness (QED) is 0.719. The average molecular weight is 261 g/mol. The van der Waals surface area contributed by atoms with Crippen molar-refractivity contribution in [1.29, 1.82) is 0 Å². The summed E-state index contributed by atoms with van der Waals surface area (Å²) in [6, 6.07) is 3.74. The van der Waals surface area contributed by atoms with Gasteiger partial charge in [0.05, 0.1) is 0 Å². The zero-order valence-electron chi connectivity index (χ0n) is 9.84. The van der Waals surface area contributed by atoms with Crippen molar-refractivity contribution in [2.75, 3.05) is 13.1 Å². The fourth-order valence-electron chi connectivity index (χ4n) is 1.70. The molecule has 2 nitrogen and oxygen atoms in total. The summed E-state index contributed by atoms with van der Waals surface area (Å²) in [4.78, 5) is 6.44. The first-order chi connectivity index (χ1) is 7.67. The summed E-state index contributed by atoms with van der Waals surface area (Å²) in [6.45, 7) is 7.40. The molecule has 0 saturated carbocycles. The van der Waals surface area contributed by atoms with E-state index < -0.39 is 0 Å². The minimum atomic E-state index is 0.450. The molecule has 4 heteroatoms. The number of hydrogen-bond acceptors (Lipinski definition) is 2. The Balaban J connectivity index is 2.68. The van der Waals surface area contributed by atoms with Crippen molar-refractivity contribution in [3.05, 3.63) is 28.0 Å². The normalized spacial score (nSPS) is 11.1. The molecule has 90 valence electrons. The van der Waals surface area contributed by atoms with Crippen LogP contribution in [-0.4, -0.2) is 23.0 Å². The van der Waals surface area contributed by atoms with Crippen LogP contribution >= 0.6 is 23.2 Å². The monoisotopic (exact) mass is 260 g/mol. The molecule has 1 aromatic rings. The zero-order chi connectivity index (χ0) is 12.0. The molecule has 0 aromatic carbocycles. The highest BCUT2D eigenvalue weighted by molar-refractivity contribution is 6.32. The van der Waals surface area contributed by atoms with Crippen LogP contribution in [0.5, 0.6) is 0 Å². The van der Waals surface area contributed by atoms with Crippen LogP contribution in [0.1, 0.15) is 32.3 Å². The Bertz CT molecular complexity index is 323. The van der Waals surface area contributed by atoms with Gasteiger partial charge in [-0.3, -0.25) is 4.90 Å². The summed E-state index contributed by atoms with van der Waals surface area (Å²) < 4.78 is 0. The molecule has 1 aromatic heterocycles. The Morgan fingerprint density at radius 1 is 1.12 bits per heavy atom. The summed E-state index contributed by atoms with van der Waals surface area (Å²) in [7, 11) is 0. The highest BCUT2D eigenvalue weighted by Gasteiger charge is 2.08. The lowest BCUT2D eigenvalue weighted by molar-refractivity contribution is 0.266. The number of halogens is 2. The predicted molar refractivity (Wildman–Crippen MR) is 70.1 cm³/mol. The van der Waals surface area contributed by atoms with Gasteiger partial charge >= 0.3 is 0 Å². The molecule has 0 aliphatic rings. The molecule has 1 rings (SSSR count). The minimum absolute atomic E-state index is 0.450. The molecule has 1 heterocycles. The molecule has 0 unspecified atom stereocenters. The number of hydrogen-bond donors (Lipinski definition) is 0. The van der Waals surface area contributed by atoms with Gasteiger partial charge in [-0.2, -0.15) is 0 Å². The number of nitrogens with zero attached hydrogens (tertiary/aromatic N) is 2. The predicted octanol–water partition coefficient (Wildman–Crippen LogP) is 4.01. The molecule has 0 aliphatic carbocycles. The second-order valence-electron chi connectivity index (χ2n) is 3.86. The molecule has 0 aliphatic heterocycles. The van der Waals surface area contributed by atoms with Crippen LogP contribution in [0.25, 0.3) is 0 Å². The van der Waals surface area contributed by atoms with E-state index in [1.807, 2.05) is 6.07 Å². The lowest BCUT2D eigenvalue weighted by Gasteiger charge is -2.21. The zero-order valence-corrected chi connectivity index (χ0v) is 11.4. The van der Waals surface area contributed by atoms with E-state index in [2.05, 4.69) is 23.7 Å². The number of pyridine rings is 1. The Kier molecular flexibility index (Phi) is 6.10. The third-order valence-corrected chi connectivity index (χ3v) is 2.90. The largest absolute Gasteiger partial charge is 0.299 e. The molecule has 0 atom stereocenters. The van der Waals surface area contributed by atoms with E-state index in [4.69, 9.17) is 23.2 Å². The van der Waals surface area contributed by atoms with Gasteiger partial charge in [-0.15, -0.1) is 0 Å². The topological polar surface area (TPSA) is 16.1 Å². The lowest BCUT2D eigenvalue weighted by atomic mass is 10.2. The second-order valence-corrected chi connectivity index (χ2v) is 4.61. The van der Waals surface area contributed by atoms with Gasteiger partial charge in [-0.05, 0) is 32.0 Å². The second kappa shape index (κ2) is 7.10. The summed E-state index contributed by atoms with van der Waals surface area (Å²) in [5.74, 6) is 0. The highest BCUT2D eigenvalue weighted by atomic mass is 35.5. The van der Waals surface area contributed by atoms with Crippen LogP contribution in [0.15, 0.2) is 12.1 Å². The van der Waals surface area contributed by atoms with E-state index >= 15 is 0 Å². The van der Waals surface area contributed by atoms with Crippen LogP contribution in [0.3, 0.4) is 0 Å². The first kappa shape index (κ1) is 13.8. The third kappa shape index (κ3) is 4.28. The maximum atomic E-state index is 6.05. The summed E-state index contributed by atoms with van der Waals surface area (Å²) in [6.07, 6.45) is 2.30. The summed E-state index contributed by atoms with van der Waals surface area (Å²) in [5, 5.41) is 0.969. The number of rotatable bonds is 6. The van der Waals surface area contributed by atoms with Gasteiger partial charge in [-0.25, -0.2) is 4.98 Å². The van der Waals surface area contributed by atoms with E-state index in [1.54, 1.807) is 6.07 Å². The molecular formula is C12H18Cl2N2. The molecule has 16 heavy (non-hydrogen) atoms. The highest BCUT2D eigenvalue weighted by Crippen LogP contribution is 2.18. The Labute approximate surface area is 108 Å². The molecule has 0 bridgehead atoms. The van der Waals surface area contributed by atoms with Crippen LogP contribution < -0.4 is 0 Å². The van der Waals surface area contributed by atoms with Gasteiger partial charge in [-0.1, -0.05) is 43.1 Å². The Hall–Kier alpha value is -0.310. The van der Waals surface area contributed by atoms with Crippen LogP contribution in [-0.2, 0) is 6.54 Å². The summed E-state index contributed by atoms with van der Waals surface area (Å²) in [5.41, 5.74) is 1.05. The lowest BCUT2D eigenvalue weighted by Crippen LogP contribution is -2.25. The Morgan fingerprint density at radius 2 is 1.75 bits per heavy atom. The van der Waals surface area contributed by atoms with E-state index in [1.165, 1.54) is 0 Å². The maximum Gasteiger partial charge on any atom is 0.135 e. The first-order valence-electron chi connectivity index (χ1n) is 5.70. The van der Waals surface area contributed by atoms with Crippen LogP contribution in [0.2, 0.25) is 10.3 Å². The van der Waals surface area contributed by atoms with E-state index in [0.717, 1.165) is 38.0 Å². The van der Waals surface area contributed by atoms with Crippen molar-refractivity contribution in [1.82, 2.24) is 9.88 Å². The van der Waals surface area contributed by atoms with Crippen molar-refractivity contribution in [3.63, 3.8) is 0 Å². The van der Waals surface area contributed by atoms with Crippen LogP contribution in [0, 0.1) is 0 Å². The van der Waals surface area contributed by atoms with Crippen molar-refractivity contribution in [2.24, 2.45) is 0 Å². The van der Waals surface area contributed by atoms with E-state index in [9.17, 15) is 0 Å². The van der Waals surface area contributed by atoms with Crippen molar-refractivity contribution < 1.29 is 0 Å². The van der Waals surface area contributed by atoms with E-state index in [0.29, 0.717) is 10.3 Å². The summed E-state index contributed by atoms with van der Waals surface area (Å²) >= 11 is 11.8. The minimum Gasteiger partial charge on any atom is -0.299 e. The molecule has 0 radical (unpaired) electrons. The fraction of sp³-hybridized carbons (Fsp3) is 0.583. The standard InChI is InChI=1S/C12H18Cl2N2/c1-3-7-16(8-4-2)9-10-5-6-11(13)15-12(10)14/h5-6H,3-4,7-9H2,1-2H3. The van der Waals surface area contributed by atoms with Crippen molar-refractivity contribution in [2.45, 2.75) is 33.2 Å². The number of aromatic nitrogens is 1. The van der Waals surface area contributed by atoms with Crippen molar-refractivity contribution >= 4 is 23.2 Å². The fourth-order valence-corrected chi connectivity index (χ4v) is 2.11. The molecular weight excluding hydrogens is 243 g/mol. The molecule has 0 N–H and O–H groups in total. The molecule has 0 fully saturated rings. The third-order valence-electron chi connectivity index (χ3n) is 2.37. The van der Waals surface area contributed by atoms with Gasteiger partial charge in [0.25, 0.3) is 0 Å².